The quantitative estimate of drug-likeness (QED) is 0.728. The fraction of sp³-hybridized carbons (Fsp3) is 0.0909. The summed E-state index contributed by atoms with van der Waals surface area (Å²) in [5.41, 5.74) is 0.378. The molecule has 0 spiro atoms. The lowest BCUT2D eigenvalue weighted by molar-refractivity contribution is -0.274. The van der Waals surface area contributed by atoms with E-state index >= 15 is 0 Å². The van der Waals surface area contributed by atoms with E-state index in [1.54, 1.807) is 0 Å². The van der Waals surface area contributed by atoms with E-state index in [4.69, 9.17) is 10.0 Å². The predicted molar refractivity (Wildman–Crippen MR) is 75.5 cm³/mol. The number of halogens is 4. The third kappa shape index (κ3) is 5.39. The molecule has 0 amide bonds. The van der Waals surface area contributed by atoms with Crippen LogP contribution in [0.1, 0.15) is 0 Å². The van der Waals surface area contributed by atoms with E-state index in [9.17, 15) is 13.2 Å². The number of nitrogens with zero attached hydrogens (tertiary/aromatic N) is 2. The zero-order valence-corrected chi connectivity index (χ0v) is 11.6. The molecule has 1 aromatic carbocycles. The summed E-state index contributed by atoms with van der Waals surface area (Å²) in [5.74, 6) is -0.293. The normalized spacial score (nSPS) is 10.6. The number of aromatic nitrogens is 2. The number of ether oxygens (including phenoxy) is 1. The van der Waals surface area contributed by atoms with Gasteiger partial charge in [-0.3, -0.25) is 0 Å². The summed E-state index contributed by atoms with van der Waals surface area (Å²) < 4.78 is 40.1. The summed E-state index contributed by atoms with van der Waals surface area (Å²) in [6.07, 6.45) is -2.42. The van der Waals surface area contributed by atoms with E-state index in [2.05, 4.69) is 20.0 Å². The monoisotopic (exact) mass is 335 g/mol. The largest absolute Gasteiger partial charge is 0.573 e. The van der Waals surface area contributed by atoms with Gasteiger partial charge < -0.3 is 20.1 Å². The lowest BCUT2D eigenvalue weighted by Crippen LogP contribution is -2.30. The van der Waals surface area contributed by atoms with Gasteiger partial charge in [0.1, 0.15) is 5.75 Å². The molecule has 22 heavy (non-hydrogen) atoms. The van der Waals surface area contributed by atoms with Gasteiger partial charge >= 0.3 is 13.5 Å². The maximum atomic E-state index is 12.1. The molecule has 0 aliphatic carbocycles. The van der Waals surface area contributed by atoms with Gasteiger partial charge in [0.05, 0.1) is 0 Å². The van der Waals surface area contributed by atoms with Crippen LogP contribution < -0.4 is 15.5 Å². The Kier molecular flexibility index (Phi) is 5.97. The summed E-state index contributed by atoms with van der Waals surface area (Å²) >= 11 is 0. The number of rotatable bonds is 4. The zero-order valence-electron chi connectivity index (χ0n) is 10.8. The van der Waals surface area contributed by atoms with E-state index in [1.807, 2.05) is 0 Å². The third-order valence-corrected chi connectivity index (χ3v) is 2.29. The minimum Gasteiger partial charge on any atom is -0.423 e. The maximum Gasteiger partial charge on any atom is 0.573 e. The van der Waals surface area contributed by atoms with Gasteiger partial charge in [0.2, 0.25) is 5.95 Å². The van der Waals surface area contributed by atoms with Crippen molar-refractivity contribution < 1.29 is 28.0 Å². The summed E-state index contributed by atoms with van der Waals surface area (Å²) in [6, 6.07) is 5.16. The Labute approximate surface area is 129 Å². The third-order valence-electron chi connectivity index (χ3n) is 2.29. The molecule has 118 valence electrons. The molecule has 0 fully saturated rings. The van der Waals surface area contributed by atoms with E-state index in [0.29, 0.717) is 0 Å². The fourth-order valence-electron chi connectivity index (χ4n) is 1.44. The van der Waals surface area contributed by atoms with Gasteiger partial charge in [0.15, 0.2) is 0 Å². The van der Waals surface area contributed by atoms with Crippen molar-refractivity contribution in [3.63, 3.8) is 0 Å². The van der Waals surface area contributed by atoms with Crippen LogP contribution in [0.2, 0.25) is 0 Å². The van der Waals surface area contributed by atoms with Crippen LogP contribution in [0.25, 0.3) is 0 Å². The van der Waals surface area contributed by atoms with Crippen molar-refractivity contribution in [2.75, 3.05) is 5.32 Å². The van der Waals surface area contributed by atoms with Crippen LogP contribution in [0.15, 0.2) is 36.7 Å². The molecular weight excluding hydrogens is 325 g/mol. The highest BCUT2D eigenvalue weighted by molar-refractivity contribution is 6.58. The molecule has 2 aromatic rings. The van der Waals surface area contributed by atoms with Crippen molar-refractivity contribution in [2.24, 2.45) is 0 Å². The smallest absolute Gasteiger partial charge is 0.423 e. The molecule has 6 nitrogen and oxygen atoms in total. The first-order valence-electron chi connectivity index (χ1n) is 5.64. The highest BCUT2D eigenvalue weighted by Crippen LogP contribution is 2.25. The van der Waals surface area contributed by atoms with Crippen LogP contribution in [0.4, 0.5) is 24.8 Å². The molecule has 0 saturated carbocycles. The van der Waals surface area contributed by atoms with Crippen molar-refractivity contribution >= 4 is 36.6 Å². The Hall–Kier alpha value is -2.04. The highest BCUT2D eigenvalue weighted by atomic mass is 35.5. The van der Waals surface area contributed by atoms with Crippen LogP contribution >= 0.6 is 12.4 Å². The SMILES string of the molecule is Cl.OB(O)c1cnc(Nc2cccc(OC(F)(F)F)c2)nc1. The van der Waals surface area contributed by atoms with Crippen molar-refractivity contribution in [1.82, 2.24) is 9.97 Å². The topological polar surface area (TPSA) is 87.5 Å². The van der Waals surface area contributed by atoms with E-state index in [1.165, 1.54) is 24.5 Å². The van der Waals surface area contributed by atoms with Gasteiger partial charge in [-0.2, -0.15) is 0 Å². The van der Waals surface area contributed by atoms with E-state index in [0.717, 1.165) is 12.1 Å². The lowest BCUT2D eigenvalue weighted by atomic mass is 9.83. The predicted octanol–water partition coefficient (Wildman–Crippen LogP) is 1.22. The van der Waals surface area contributed by atoms with Crippen LogP contribution in [0.5, 0.6) is 5.75 Å². The van der Waals surface area contributed by atoms with Crippen molar-refractivity contribution in [1.29, 1.82) is 0 Å². The number of nitrogens with one attached hydrogen (secondary N) is 1. The van der Waals surface area contributed by atoms with Crippen molar-refractivity contribution in [2.45, 2.75) is 6.36 Å². The second kappa shape index (κ2) is 7.30. The molecule has 0 unspecified atom stereocenters. The Morgan fingerprint density at radius 1 is 1.14 bits per heavy atom. The molecule has 0 saturated heterocycles. The van der Waals surface area contributed by atoms with Gasteiger partial charge in [-0.05, 0) is 12.1 Å². The fourth-order valence-corrected chi connectivity index (χ4v) is 1.44. The first kappa shape index (κ1) is 18.0. The van der Waals surface area contributed by atoms with Gasteiger partial charge in [-0.1, -0.05) is 6.07 Å². The molecule has 0 atom stereocenters. The van der Waals surface area contributed by atoms with Gasteiger partial charge in [0, 0.05) is 29.6 Å². The van der Waals surface area contributed by atoms with Gasteiger partial charge in [-0.15, -0.1) is 25.6 Å². The van der Waals surface area contributed by atoms with Crippen molar-refractivity contribution in [3.8, 4) is 5.75 Å². The molecule has 11 heteroatoms. The molecule has 1 aromatic heterocycles. The second-order valence-electron chi connectivity index (χ2n) is 3.91. The van der Waals surface area contributed by atoms with E-state index < -0.39 is 13.5 Å². The molecule has 1 heterocycles. The standard InChI is InChI=1S/C11H9BF3N3O3.ClH/c13-11(14,15)21-9-3-1-2-8(4-9)18-10-16-5-7(6-17-10)12(19)20;/h1-6,19-20H,(H,16,17,18);1H. The number of anilines is 2. The molecule has 0 radical (unpaired) electrons. The molecular formula is C11H10BClF3N3O3. The Morgan fingerprint density at radius 2 is 1.77 bits per heavy atom. The first-order chi connectivity index (χ1) is 9.83. The zero-order chi connectivity index (χ0) is 15.5. The highest BCUT2D eigenvalue weighted by Gasteiger charge is 2.31. The van der Waals surface area contributed by atoms with Crippen LogP contribution in [0.3, 0.4) is 0 Å². The molecule has 3 N–H and O–H groups in total. The Morgan fingerprint density at radius 3 is 2.32 bits per heavy atom. The second-order valence-corrected chi connectivity index (χ2v) is 3.91. The minimum atomic E-state index is -4.77. The first-order valence-corrected chi connectivity index (χ1v) is 5.64. The summed E-state index contributed by atoms with van der Waals surface area (Å²) in [5, 5.41) is 20.4. The number of benzene rings is 1. The molecule has 0 bridgehead atoms. The molecule has 2 rings (SSSR count). The van der Waals surface area contributed by atoms with Gasteiger partial charge in [0.25, 0.3) is 0 Å². The van der Waals surface area contributed by atoms with Crippen molar-refractivity contribution in [3.05, 3.63) is 36.7 Å². The number of hydrogen-bond acceptors (Lipinski definition) is 6. The van der Waals surface area contributed by atoms with Crippen LogP contribution in [-0.2, 0) is 0 Å². The summed E-state index contributed by atoms with van der Waals surface area (Å²) in [6.45, 7) is 0. The summed E-state index contributed by atoms with van der Waals surface area (Å²) in [4.78, 5) is 7.59. The number of hydrogen-bond donors (Lipinski definition) is 3. The van der Waals surface area contributed by atoms with Gasteiger partial charge in [-0.25, -0.2) is 9.97 Å². The molecule has 0 aliphatic heterocycles. The summed E-state index contributed by atoms with van der Waals surface area (Å²) in [7, 11) is -1.69. The average Bonchev–Trinajstić information content (AvgIpc) is 2.37. The van der Waals surface area contributed by atoms with E-state index in [-0.39, 0.29) is 35.3 Å². The maximum absolute atomic E-state index is 12.1. The Balaban J connectivity index is 0.00000242. The lowest BCUT2D eigenvalue weighted by Gasteiger charge is -2.10. The van der Waals surface area contributed by atoms with Crippen LogP contribution in [0, 0.1) is 0 Å². The average molecular weight is 335 g/mol. The number of alkyl halides is 3. The van der Waals surface area contributed by atoms with Crippen LogP contribution in [-0.4, -0.2) is 33.5 Å². The molecule has 0 aliphatic rings. The Bertz CT molecular complexity index is 614. The minimum absolute atomic E-state index is 0.